The first-order chi connectivity index (χ1) is 5.88. The monoisotopic (exact) mass is 169 g/mol. The summed E-state index contributed by atoms with van der Waals surface area (Å²) < 4.78 is 10.6. The van der Waals surface area contributed by atoms with Crippen molar-refractivity contribution in [2.75, 3.05) is 19.8 Å². The molecule has 1 unspecified atom stereocenters. The molecule has 1 aliphatic heterocycles. The lowest BCUT2D eigenvalue weighted by atomic mass is 9.99. The van der Waals surface area contributed by atoms with Crippen LogP contribution in [0.15, 0.2) is 0 Å². The van der Waals surface area contributed by atoms with Gasteiger partial charge < -0.3 is 9.47 Å². The van der Waals surface area contributed by atoms with E-state index in [2.05, 4.69) is 13.0 Å². The summed E-state index contributed by atoms with van der Waals surface area (Å²) in [5.41, 5.74) is 0. The molecule has 0 radical (unpaired) electrons. The number of rotatable bonds is 5. The highest BCUT2D eigenvalue weighted by molar-refractivity contribution is 4.75. The van der Waals surface area contributed by atoms with E-state index in [1.165, 1.54) is 0 Å². The zero-order valence-corrected chi connectivity index (χ0v) is 7.45. The van der Waals surface area contributed by atoms with Crippen molar-refractivity contribution in [3.05, 3.63) is 0 Å². The summed E-state index contributed by atoms with van der Waals surface area (Å²) in [6.45, 7) is 4.32. The van der Waals surface area contributed by atoms with Gasteiger partial charge in [-0.3, -0.25) is 0 Å². The number of hydrogen-bond acceptors (Lipinski definition) is 3. The molecule has 0 aromatic rings. The molecule has 0 aliphatic carbocycles. The largest absolute Gasteiger partial charge is 0.380 e. The topological polar surface area (TPSA) is 42.2 Å². The lowest BCUT2D eigenvalue weighted by Gasteiger charge is -2.32. The third kappa shape index (κ3) is 2.47. The second-order valence-corrected chi connectivity index (χ2v) is 3.02. The van der Waals surface area contributed by atoms with E-state index in [0.29, 0.717) is 25.0 Å². The molecule has 3 heteroatoms. The molecule has 0 spiro atoms. The van der Waals surface area contributed by atoms with Crippen LogP contribution < -0.4 is 0 Å². The Kier molecular flexibility index (Phi) is 4.06. The van der Waals surface area contributed by atoms with Gasteiger partial charge in [-0.2, -0.15) is 5.26 Å². The Morgan fingerprint density at radius 2 is 2.42 bits per heavy atom. The summed E-state index contributed by atoms with van der Waals surface area (Å²) in [6.07, 6.45) is 1.80. The zero-order chi connectivity index (χ0) is 8.81. The average molecular weight is 169 g/mol. The first kappa shape index (κ1) is 9.50. The molecule has 1 aliphatic rings. The van der Waals surface area contributed by atoms with E-state index in [0.717, 1.165) is 19.6 Å². The quantitative estimate of drug-likeness (QED) is 0.583. The van der Waals surface area contributed by atoms with Gasteiger partial charge in [0.25, 0.3) is 0 Å². The molecule has 1 atom stereocenters. The molecule has 0 aromatic carbocycles. The van der Waals surface area contributed by atoms with Crippen molar-refractivity contribution in [3.8, 4) is 6.07 Å². The molecule has 12 heavy (non-hydrogen) atoms. The van der Waals surface area contributed by atoms with Gasteiger partial charge in [-0.25, -0.2) is 0 Å². The fourth-order valence-corrected chi connectivity index (χ4v) is 1.31. The van der Waals surface area contributed by atoms with E-state index in [1.54, 1.807) is 0 Å². The van der Waals surface area contributed by atoms with Gasteiger partial charge in [0.05, 0.1) is 38.4 Å². The highest BCUT2D eigenvalue weighted by Crippen LogP contribution is 2.20. The first-order valence-electron chi connectivity index (χ1n) is 4.44. The highest BCUT2D eigenvalue weighted by atomic mass is 16.5. The summed E-state index contributed by atoms with van der Waals surface area (Å²) in [7, 11) is 0. The minimum atomic E-state index is 0.298. The van der Waals surface area contributed by atoms with E-state index < -0.39 is 0 Å². The van der Waals surface area contributed by atoms with Crippen molar-refractivity contribution >= 4 is 0 Å². The second-order valence-electron chi connectivity index (χ2n) is 3.02. The Morgan fingerprint density at radius 1 is 1.67 bits per heavy atom. The fourth-order valence-electron chi connectivity index (χ4n) is 1.31. The van der Waals surface area contributed by atoms with Crippen LogP contribution in [0.3, 0.4) is 0 Å². The number of nitrogens with zero attached hydrogens (tertiary/aromatic N) is 1. The summed E-state index contributed by atoms with van der Waals surface area (Å²) in [4.78, 5) is 0. The molecule has 0 amide bonds. The van der Waals surface area contributed by atoms with Crippen molar-refractivity contribution in [2.45, 2.75) is 25.9 Å². The Balaban J connectivity index is 2.12. The Morgan fingerprint density at radius 3 is 2.83 bits per heavy atom. The van der Waals surface area contributed by atoms with Crippen molar-refractivity contribution in [3.63, 3.8) is 0 Å². The van der Waals surface area contributed by atoms with Gasteiger partial charge in [-0.1, -0.05) is 6.92 Å². The molecule has 1 heterocycles. The first-order valence-corrected chi connectivity index (χ1v) is 4.44. The van der Waals surface area contributed by atoms with Crippen LogP contribution in [0.25, 0.3) is 0 Å². The molecule has 68 valence electrons. The molecule has 1 rings (SSSR count). The molecular weight excluding hydrogens is 154 g/mol. The number of nitriles is 1. The predicted molar refractivity (Wildman–Crippen MR) is 44.6 cm³/mol. The van der Waals surface area contributed by atoms with Crippen LogP contribution in [0.4, 0.5) is 0 Å². The van der Waals surface area contributed by atoms with Crippen LogP contribution in [-0.4, -0.2) is 25.9 Å². The SMILES string of the molecule is CCC(OCCC#N)C1COC1. The Bertz CT molecular complexity index is 160. The third-order valence-corrected chi connectivity index (χ3v) is 2.14. The van der Waals surface area contributed by atoms with Gasteiger partial charge in [0, 0.05) is 5.92 Å². The maximum atomic E-state index is 8.31. The van der Waals surface area contributed by atoms with Gasteiger partial charge in [0.2, 0.25) is 0 Å². The summed E-state index contributed by atoms with van der Waals surface area (Å²) in [6, 6.07) is 2.07. The Labute approximate surface area is 73.3 Å². The molecule has 0 bridgehead atoms. The van der Waals surface area contributed by atoms with Gasteiger partial charge >= 0.3 is 0 Å². The molecule has 1 fully saturated rings. The van der Waals surface area contributed by atoms with Crippen LogP contribution in [0, 0.1) is 17.2 Å². The normalized spacial score (nSPS) is 19.7. The van der Waals surface area contributed by atoms with Crippen molar-refractivity contribution < 1.29 is 9.47 Å². The maximum absolute atomic E-state index is 8.31. The lowest BCUT2D eigenvalue weighted by molar-refractivity contribution is -0.114. The zero-order valence-electron chi connectivity index (χ0n) is 7.45. The van der Waals surface area contributed by atoms with Crippen molar-refractivity contribution in [1.29, 1.82) is 5.26 Å². The summed E-state index contributed by atoms with van der Waals surface area (Å²) >= 11 is 0. The molecule has 3 nitrogen and oxygen atoms in total. The molecular formula is C9H15NO2. The highest BCUT2D eigenvalue weighted by Gasteiger charge is 2.27. The molecule has 0 saturated carbocycles. The number of hydrogen-bond donors (Lipinski definition) is 0. The van der Waals surface area contributed by atoms with E-state index in [9.17, 15) is 0 Å². The third-order valence-electron chi connectivity index (χ3n) is 2.14. The summed E-state index contributed by atoms with van der Waals surface area (Å²) in [5, 5.41) is 8.31. The van der Waals surface area contributed by atoms with Gasteiger partial charge in [0.1, 0.15) is 0 Å². The van der Waals surface area contributed by atoms with Gasteiger partial charge in [-0.05, 0) is 6.42 Å². The van der Waals surface area contributed by atoms with E-state index >= 15 is 0 Å². The number of ether oxygens (including phenoxy) is 2. The van der Waals surface area contributed by atoms with E-state index in [4.69, 9.17) is 14.7 Å². The van der Waals surface area contributed by atoms with Crippen LogP contribution in [0.2, 0.25) is 0 Å². The molecule has 0 N–H and O–H groups in total. The minimum Gasteiger partial charge on any atom is -0.380 e. The van der Waals surface area contributed by atoms with E-state index in [1.807, 2.05) is 0 Å². The van der Waals surface area contributed by atoms with Crippen molar-refractivity contribution in [1.82, 2.24) is 0 Å². The Hall–Kier alpha value is -0.590. The maximum Gasteiger partial charge on any atom is 0.0645 e. The summed E-state index contributed by atoms with van der Waals surface area (Å²) in [5.74, 6) is 0.564. The molecule has 0 aromatic heterocycles. The molecule has 1 saturated heterocycles. The minimum absolute atomic E-state index is 0.298. The fraction of sp³-hybridized carbons (Fsp3) is 0.889. The van der Waals surface area contributed by atoms with Gasteiger partial charge in [-0.15, -0.1) is 0 Å². The van der Waals surface area contributed by atoms with E-state index in [-0.39, 0.29) is 0 Å². The van der Waals surface area contributed by atoms with Crippen LogP contribution in [0.5, 0.6) is 0 Å². The standard InChI is InChI=1S/C9H15NO2/c1-2-9(8-6-11-7-8)12-5-3-4-10/h8-9H,2-3,5-7H2,1H3. The average Bonchev–Trinajstić information content (AvgIpc) is 1.99. The van der Waals surface area contributed by atoms with Crippen molar-refractivity contribution in [2.24, 2.45) is 5.92 Å². The van der Waals surface area contributed by atoms with Gasteiger partial charge in [0.15, 0.2) is 0 Å². The van der Waals surface area contributed by atoms with Crippen LogP contribution >= 0.6 is 0 Å². The lowest BCUT2D eigenvalue weighted by Crippen LogP contribution is -2.39. The van der Waals surface area contributed by atoms with Crippen LogP contribution in [0.1, 0.15) is 19.8 Å². The predicted octanol–water partition coefficient (Wildman–Crippen LogP) is 1.34. The smallest absolute Gasteiger partial charge is 0.0645 e. The second kappa shape index (κ2) is 5.13. The van der Waals surface area contributed by atoms with Crippen LogP contribution in [-0.2, 0) is 9.47 Å².